The molecule has 0 atom stereocenters. The normalized spacial score (nSPS) is 10.6. The Bertz CT molecular complexity index is 530. The van der Waals surface area contributed by atoms with Crippen LogP contribution in [0.3, 0.4) is 0 Å². The Morgan fingerprint density at radius 3 is 3.00 bits per heavy atom. The fourth-order valence-corrected chi connectivity index (χ4v) is 1.88. The highest BCUT2D eigenvalue weighted by molar-refractivity contribution is 9.10. The summed E-state index contributed by atoms with van der Waals surface area (Å²) >= 11 is 3.16. The lowest BCUT2D eigenvalue weighted by Crippen LogP contribution is -2.07. The van der Waals surface area contributed by atoms with Crippen LogP contribution in [0.15, 0.2) is 28.7 Å². The minimum Gasteiger partial charge on any atom is -0.383 e. The van der Waals surface area contributed by atoms with E-state index in [1.54, 1.807) is 19.2 Å². The number of halogens is 2. The number of hydrogen-bond donors (Lipinski definition) is 2. The molecule has 0 bridgehead atoms. The van der Waals surface area contributed by atoms with Gasteiger partial charge in [-0.25, -0.2) is 4.39 Å². The molecule has 1 heterocycles. The van der Waals surface area contributed by atoms with Crippen LogP contribution in [0.1, 0.15) is 0 Å². The maximum absolute atomic E-state index is 13.1. The van der Waals surface area contributed by atoms with Crippen molar-refractivity contribution in [1.82, 2.24) is 10.2 Å². The van der Waals surface area contributed by atoms with E-state index < -0.39 is 0 Å². The highest BCUT2D eigenvalue weighted by Crippen LogP contribution is 2.25. The van der Waals surface area contributed by atoms with Crippen LogP contribution in [0.4, 0.5) is 10.2 Å². The number of ether oxygens (including phenoxy) is 1. The van der Waals surface area contributed by atoms with Crippen molar-refractivity contribution in [2.24, 2.45) is 0 Å². The van der Waals surface area contributed by atoms with E-state index in [1.807, 2.05) is 6.07 Å². The minimum absolute atomic E-state index is 0.281. The summed E-state index contributed by atoms with van der Waals surface area (Å²) < 4.78 is 18.5. The first-order chi connectivity index (χ1) is 8.70. The van der Waals surface area contributed by atoms with E-state index in [-0.39, 0.29) is 5.82 Å². The lowest BCUT2D eigenvalue weighted by atomic mass is 10.1. The van der Waals surface area contributed by atoms with Gasteiger partial charge in [-0.1, -0.05) is 0 Å². The number of nitrogens with zero attached hydrogens (tertiary/aromatic N) is 1. The molecule has 4 nitrogen and oxygen atoms in total. The monoisotopic (exact) mass is 313 g/mol. The number of H-pyrrole nitrogens is 1. The number of benzene rings is 1. The molecule has 2 aromatic rings. The average Bonchev–Trinajstić information content (AvgIpc) is 2.82. The Morgan fingerprint density at radius 2 is 2.28 bits per heavy atom. The zero-order chi connectivity index (χ0) is 13.0. The first-order valence-electron chi connectivity index (χ1n) is 5.44. The summed E-state index contributed by atoms with van der Waals surface area (Å²) in [5, 5.41) is 10.1. The number of aromatic nitrogens is 2. The number of aromatic amines is 1. The van der Waals surface area contributed by atoms with Crippen LogP contribution < -0.4 is 5.32 Å². The maximum atomic E-state index is 13.1. The molecule has 96 valence electrons. The Balaban J connectivity index is 2.11. The van der Waals surface area contributed by atoms with E-state index >= 15 is 0 Å². The van der Waals surface area contributed by atoms with Crippen molar-refractivity contribution in [3.05, 3.63) is 34.6 Å². The summed E-state index contributed by atoms with van der Waals surface area (Å²) in [4.78, 5) is 0. The van der Waals surface area contributed by atoms with Gasteiger partial charge >= 0.3 is 0 Å². The highest BCUT2D eigenvalue weighted by Gasteiger charge is 2.06. The second kappa shape index (κ2) is 5.97. The molecule has 0 amide bonds. The first-order valence-corrected chi connectivity index (χ1v) is 6.23. The van der Waals surface area contributed by atoms with E-state index in [9.17, 15) is 4.39 Å². The van der Waals surface area contributed by atoms with E-state index in [0.29, 0.717) is 17.6 Å². The van der Waals surface area contributed by atoms with E-state index in [4.69, 9.17) is 4.74 Å². The zero-order valence-corrected chi connectivity index (χ0v) is 11.4. The molecule has 0 aliphatic rings. The molecule has 0 fully saturated rings. The van der Waals surface area contributed by atoms with Crippen molar-refractivity contribution < 1.29 is 9.13 Å². The van der Waals surface area contributed by atoms with Crippen molar-refractivity contribution in [1.29, 1.82) is 0 Å². The lowest BCUT2D eigenvalue weighted by molar-refractivity contribution is 0.210. The van der Waals surface area contributed by atoms with Gasteiger partial charge in [0.2, 0.25) is 0 Å². The third-order valence-corrected chi connectivity index (χ3v) is 3.03. The molecular weight excluding hydrogens is 301 g/mol. The van der Waals surface area contributed by atoms with Gasteiger partial charge in [-0.2, -0.15) is 5.10 Å². The van der Waals surface area contributed by atoms with Gasteiger partial charge < -0.3 is 10.1 Å². The summed E-state index contributed by atoms with van der Waals surface area (Å²) in [6, 6.07) is 6.70. The van der Waals surface area contributed by atoms with Gasteiger partial charge in [0.05, 0.1) is 16.8 Å². The Kier molecular flexibility index (Phi) is 4.33. The van der Waals surface area contributed by atoms with Crippen LogP contribution in [0.5, 0.6) is 0 Å². The van der Waals surface area contributed by atoms with Crippen LogP contribution >= 0.6 is 15.9 Å². The molecule has 0 aliphatic carbocycles. The molecule has 18 heavy (non-hydrogen) atoms. The van der Waals surface area contributed by atoms with Crippen LogP contribution in [0.25, 0.3) is 11.3 Å². The fraction of sp³-hybridized carbons (Fsp3) is 0.250. The standard InChI is InChI=1S/C12H13BrFN3O/c1-18-5-4-15-12-7-11(16-17-12)8-2-3-10(14)9(13)6-8/h2-3,6-7H,4-5H2,1H3,(H2,15,16,17). The molecule has 2 N–H and O–H groups in total. The Morgan fingerprint density at radius 1 is 1.44 bits per heavy atom. The van der Waals surface area contributed by atoms with Crippen molar-refractivity contribution in [2.75, 3.05) is 25.6 Å². The van der Waals surface area contributed by atoms with Crippen LogP contribution in [0.2, 0.25) is 0 Å². The van der Waals surface area contributed by atoms with E-state index in [2.05, 4.69) is 31.4 Å². The number of anilines is 1. The first kappa shape index (κ1) is 13.0. The summed E-state index contributed by atoms with van der Waals surface area (Å²) in [5.41, 5.74) is 1.70. The largest absolute Gasteiger partial charge is 0.383 e. The van der Waals surface area contributed by atoms with Crippen LogP contribution in [-0.2, 0) is 4.74 Å². The highest BCUT2D eigenvalue weighted by atomic mass is 79.9. The van der Waals surface area contributed by atoms with Crippen molar-refractivity contribution in [2.45, 2.75) is 0 Å². The zero-order valence-electron chi connectivity index (χ0n) is 9.84. The van der Waals surface area contributed by atoms with E-state index in [0.717, 1.165) is 17.1 Å². The molecular formula is C12H13BrFN3O. The summed E-state index contributed by atoms with van der Waals surface area (Å²) in [7, 11) is 1.65. The van der Waals surface area contributed by atoms with Gasteiger partial charge in [-0.3, -0.25) is 5.10 Å². The SMILES string of the molecule is COCCNc1cc(-c2ccc(F)c(Br)c2)[nH]n1. The predicted octanol–water partition coefficient (Wildman–Crippen LogP) is 3.04. The topological polar surface area (TPSA) is 49.9 Å². The van der Waals surface area contributed by atoms with Crippen LogP contribution in [-0.4, -0.2) is 30.5 Å². The summed E-state index contributed by atoms with van der Waals surface area (Å²) in [5.74, 6) is 0.458. The van der Waals surface area contributed by atoms with Crippen molar-refractivity contribution in [3.63, 3.8) is 0 Å². The predicted molar refractivity (Wildman–Crippen MR) is 72.0 cm³/mol. The maximum Gasteiger partial charge on any atom is 0.148 e. The van der Waals surface area contributed by atoms with Crippen LogP contribution in [0, 0.1) is 5.82 Å². The quantitative estimate of drug-likeness (QED) is 0.834. The number of rotatable bonds is 5. The van der Waals surface area contributed by atoms with Gasteiger partial charge in [0.25, 0.3) is 0 Å². The molecule has 0 spiro atoms. The minimum atomic E-state index is -0.281. The van der Waals surface area contributed by atoms with Gasteiger partial charge in [0.15, 0.2) is 0 Å². The fourth-order valence-electron chi connectivity index (χ4n) is 1.50. The molecule has 0 saturated heterocycles. The summed E-state index contributed by atoms with van der Waals surface area (Å²) in [6.45, 7) is 1.30. The Hall–Kier alpha value is -1.40. The molecule has 0 unspecified atom stereocenters. The van der Waals surface area contributed by atoms with E-state index in [1.165, 1.54) is 6.07 Å². The van der Waals surface area contributed by atoms with Crippen molar-refractivity contribution >= 4 is 21.7 Å². The molecule has 0 radical (unpaired) electrons. The van der Waals surface area contributed by atoms with Crippen molar-refractivity contribution in [3.8, 4) is 11.3 Å². The summed E-state index contributed by atoms with van der Waals surface area (Å²) in [6.07, 6.45) is 0. The smallest absolute Gasteiger partial charge is 0.148 e. The molecule has 2 rings (SSSR count). The second-order valence-electron chi connectivity index (χ2n) is 3.72. The van der Waals surface area contributed by atoms with Gasteiger partial charge in [0, 0.05) is 25.3 Å². The number of methoxy groups -OCH3 is 1. The molecule has 6 heteroatoms. The third-order valence-electron chi connectivity index (χ3n) is 2.42. The molecule has 0 aliphatic heterocycles. The second-order valence-corrected chi connectivity index (χ2v) is 4.57. The van der Waals surface area contributed by atoms with Gasteiger partial charge in [-0.05, 0) is 34.1 Å². The van der Waals surface area contributed by atoms with Gasteiger partial charge in [0.1, 0.15) is 11.6 Å². The molecule has 1 aromatic carbocycles. The lowest BCUT2D eigenvalue weighted by Gasteiger charge is -2.00. The molecule has 0 saturated carbocycles. The van der Waals surface area contributed by atoms with Gasteiger partial charge in [-0.15, -0.1) is 0 Å². The number of nitrogens with one attached hydrogen (secondary N) is 2. The Labute approximate surface area is 113 Å². The molecule has 1 aromatic heterocycles. The third kappa shape index (κ3) is 3.08. The average molecular weight is 314 g/mol. The number of hydrogen-bond acceptors (Lipinski definition) is 3.